The van der Waals surface area contributed by atoms with Gasteiger partial charge in [0.05, 0.1) is 11.4 Å². The lowest BCUT2D eigenvalue weighted by molar-refractivity contribution is -0.130. The van der Waals surface area contributed by atoms with Crippen molar-refractivity contribution in [3.8, 4) is 0 Å². The van der Waals surface area contributed by atoms with Crippen LogP contribution in [0.4, 0.5) is 4.39 Å². The van der Waals surface area contributed by atoms with Crippen LogP contribution in [0, 0.1) is 5.82 Å². The predicted octanol–water partition coefficient (Wildman–Crippen LogP) is 0.475. The molecule has 9 heteroatoms. The summed E-state index contributed by atoms with van der Waals surface area (Å²) in [4.78, 5) is 13.1. The van der Waals surface area contributed by atoms with Gasteiger partial charge in [-0.25, -0.2) is 17.5 Å². The van der Waals surface area contributed by atoms with Crippen LogP contribution in [0.5, 0.6) is 0 Å². The Kier molecular flexibility index (Phi) is 6.73. The molecule has 0 radical (unpaired) electrons. The third kappa shape index (κ3) is 4.64. The predicted molar refractivity (Wildman–Crippen MR) is 82.6 cm³/mol. The summed E-state index contributed by atoms with van der Waals surface area (Å²) >= 11 is 0. The smallest absolute Gasteiger partial charge is 0.240 e. The van der Waals surface area contributed by atoms with Crippen LogP contribution in [0.1, 0.15) is 12.8 Å². The Bertz CT molecular complexity index is 601. The molecule has 3 N–H and O–H groups in total. The lowest BCUT2D eigenvalue weighted by Gasteiger charge is -2.32. The SMILES string of the molecule is Cl.NCC(=O)N1CCC(NS(=O)(=O)c2ccc(F)cc2)CC1. The molecule has 1 heterocycles. The van der Waals surface area contributed by atoms with Crippen molar-refractivity contribution in [3.05, 3.63) is 30.1 Å². The molecular weight excluding hydrogens is 333 g/mol. The first-order chi connectivity index (χ1) is 9.92. The van der Waals surface area contributed by atoms with Gasteiger partial charge in [0, 0.05) is 19.1 Å². The van der Waals surface area contributed by atoms with E-state index in [1.165, 1.54) is 12.1 Å². The highest BCUT2D eigenvalue weighted by Crippen LogP contribution is 2.15. The summed E-state index contributed by atoms with van der Waals surface area (Å²) in [6.45, 7) is 0.922. The zero-order chi connectivity index (χ0) is 15.5. The Hall–Kier alpha value is -1.22. The number of rotatable bonds is 4. The molecule has 1 saturated heterocycles. The number of halogens is 2. The van der Waals surface area contributed by atoms with Gasteiger partial charge >= 0.3 is 0 Å². The second kappa shape index (κ2) is 7.87. The molecule has 0 spiro atoms. The highest BCUT2D eigenvalue weighted by molar-refractivity contribution is 7.89. The zero-order valence-electron chi connectivity index (χ0n) is 11.9. The summed E-state index contributed by atoms with van der Waals surface area (Å²) in [5.41, 5.74) is 5.29. The lowest BCUT2D eigenvalue weighted by Crippen LogP contribution is -2.47. The Labute approximate surface area is 135 Å². The van der Waals surface area contributed by atoms with E-state index in [4.69, 9.17) is 5.73 Å². The van der Waals surface area contributed by atoms with Gasteiger partial charge in [0.2, 0.25) is 15.9 Å². The minimum atomic E-state index is -3.66. The number of sulfonamides is 1. The van der Waals surface area contributed by atoms with Crippen LogP contribution in [0.2, 0.25) is 0 Å². The number of likely N-dealkylation sites (tertiary alicyclic amines) is 1. The maximum Gasteiger partial charge on any atom is 0.240 e. The number of amides is 1. The van der Waals surface area contributed by atoms with Crippen molar-refractivity contribution >= 4 is 28.3 Å². The Morgan fingerprint density at radius 3 is 2.32 bits per heavy atom. The number of nitrogens with two attached hydrogens (primary N) is 1. The van der Waals surface area contributed by atoms with E-state index < -0.39 is 15.8 Å². The van der Waals surface area contributed by atoms with E-state index in [9.17, 15) is 17.6 Å². The van der Waals surface area contributed by atoms with E-state index in [1.54, 1.807) is 4.90 Å². The quantitative estimate of drug-likeness (QED) is 0.825. The Balaban J connectivity index is 0.00000242. The van der Waals surface area contributed by atoms with E-state index >= 15 is 0 Å². The molecule has 1 amide bonds. The molecule has 1 aliphatic heterocycles. The number of carbonyl (C=O) groups excluding carboxylic acids is 1. The van der Waals surface area contributed by atoms with Gasteiger partial charge in [-0.15, -0.1) is 12.4 Å². The Morgan fingerprint density at radius 2 is 1.82 bits per heavy atom. The minimum absolute atomic E-state index is 0. The van der Waals surface area contributed by atoms with Gasteiger partial charge in [0.25, 0.3) is 0 Å². The molecule has 0 saturated carbocycles. The van der Waals surface area contributed by atoms with Crippen molar-refractivity contribution in [2.45, 2.75) is 23.8 Å². The first kappa shape index (κ1) is 18.8. The van der Waals surface area contributed by atoms with Gasteiger partial charge < -0.3 is 10.6 Å². The summed E-state index contributed by atoms with van der Waals surface area (Å²) in [6.07, 6.45) is 1.07. The average Bonchev–Trinajstić information content (AvgIpc) is 2.47. The molecule has 0 bridgehead atoms. The normalized spacial score (nSPS) is 16.2. The summed E-state index contributed by atoms with van der Waals surface area (Å²) < 4.78 is 39.7. The van der Waals surface area contributed by atoms with Gasteiger partial charge in [-0.2, -0.15) is 0 Å². The molecule has 0 aliphatic carbocycles. The van der Waals surface area contributed by atoms with Gasteiger partial charge in [0.15, 0.2) is 0 Å². The maximum absolute atomic E-state index is 12.8. The third-order valence-corrected chi connectivity index (χ3v) is 5.00. The monoisotopic (exact) mass is 351 g/mol. The molecular formula is C13H19ClFN3O3S. The standard InChI is InChI=1S/C13H18FN3O3S.ClH/c14-10-1-3-12(4-2-10)21(19,20)16-11-5-7-17(8-6-11)13(18)9-15;/h1-4,11,16H,5-9,15H2;1H. The van der Waals surface area contributed by atoms with Crippen molar-refractivity contribution in [2.75, 3.05) is 19.6 Å². The van der Waals surface area contributed by atoms with Gasteiger partial charge in [-0.1, -0.05) is 0 Å². The molecule has 0 aromatic heterocycles. The largest absolute Gasteiger partial charge is 0.341 e. The topological polar surface area (TPSA) is 92.5 Å². The van der Waals surface area contributed by atoms with Gasteiger partial charge in [-0.3, -0.25) is 4.79 Å². The van der Waals surface area contributed by atoms with Crippen LogP contribution in [0.3, 0.4) is 0 Å². The van der Waals surface area contributed by atoms with Crippen molar-refractivity contribution in [2.24, 2.45) is 5.73 Å². The molecule has 1 aliphatic rings. The minimum Gasteiger partial charge on any atom is -0.341 e. The fourth-order valence-electron chi connectivity index (χ4n) is 2.28. The van der Waals surface area contributed by atoms with Crippen LogP contribution < -0.4 is 10.5 Å². The molecule has 1 fully saturated rings. The summed E-state index contributed by atoms with van der Waals surface area (Å²) in [5.74, 6) is -0.614. The fourth-order valence-corrected chi connectivity index (χ4v) is 3.58. The van der Waals surface area contributed by atoms with E-state index in [-0.39, 0.29) is 35.8 Å². The van der Waals surface area contributed by atoms with Gasteiger partial charge in [0.1, 0.15) is 5.82 Å². The number of benzene rings is 1. The van der Waals surface area contributed by atoms with Crippen molar-refractivity contribution in [3.63, 3.8) is 0 Å². The number of nitrogens with one attached hydrogen (secondary N) is 1. The number of hydrogen-bond acceptors (Lipinski definition) is 4. The number of nitrogens with zero attached hydrogens (tertiary/aromatic N) is 1. The maximum atomic E-state index is 12.8. The molecule has 1 aromatic rings. The lowest BCUT2D eigenvalue weighted by atomic mass is 10.1. The highest BCUT2D eigenvalue weighted by atomic mass is 35.5. The molecule has 1 aromatic carbocycles. The van der Waals surface area contributed by atoms with E-state index in [1.807, 2.05) is 0 Å². The van der Waals surface area contributed by atoms with Crippen molar-refractivity contribution < 1.29 is 17.6 Å². The van der Waals surface area contributed by atoms with Gasteiger partial charge in [-0.05, 0) is 37.1 Å². The number of hydrogen-bond donors (Lipinski definition) is 2. The molecule has 124 valence electrons. The number of piperidine rings is 1. The van der Waals surface area contributed by atoms with E-state index in [0.29, 0.717) is 25.9 Å². The Morgan fingerprint density at radius 1 is 1.27 bits per heavy atom. The summed E-state index contributed by atoms with van der Waals surface area (Å²) in [6, 6.07) is 4.44. The molecule has 0 atom stereocenters. The zero-order valence-corrected chi connectivity index (χ0v) is 13.5. The van der Waals surface area contributed by atoms with Crippen LogP contribution in [-0.4, -0.2) is 44.9 Å². The van der Waals surface area contributed by atoms with E-state index in [2.05, 4.69) is 4.72 Å². The fraction of sp³-hybridized carbons (Fsp3) is 0.462. The van der Waals surface area contributed by atoms with E-state index in [0.717, 1.165) is 12.1 Å². The number of carbonyl (C=O) groups is 1. The van der Waals surface area contributed by atoms with Crippen LogP contribution >= 0.6 is 12.4 Å². The molecule has 22 heavy (non-hydrogen) atoms. The van der Waals surface area contributed by atoms with Crippen LogP contribution in [0.15, 0.2) is 29.2 Å². The first-order valence-electron chi connectivity index (χ1n) is 6.68. The second-order valence-corrected chi connectivity index (χ2v) is 6.65. The molecule has 6 nitrogen and oxygen atoms in total. The van der Waals surface area contributed by atoms with Crippen molar-refractivity contribution in [1.29, 1.82) is 0 Å². The second-order valence-electron chi connectivity index (χ2n) is 4.93. The third-order valence-electron chi connectivity index (χ3n) is 3.47. The van der Waals surface area contributed by atoms with Crippen LogP contribution in [0.25, 0.3) is 0 Å². The molecule has 2 rings (SSSR count). The van der Waals surface area contributed by atoms with Crippen LogP contribution in [-0.2, 0) is 14.8 Å². The summed E-state index contributed by atoms with van der Waals surface area (Å²) in [5, 5.41) is 0. The summed E-state index contributed by atoms with van der Waals surface area (Å²) in [7, 11) is -3.66. The highest BCUT2D eigenvalue weighted by Gasteiger charge is 2.26. The first-order valence-corrected chi connectivity index (χ1v) is 8.16. The van der Waals surface area contributed by atoms with Crippen molar-refractivity contribution in [1.82, 2.24) is 9.62 Å². The molecule has 0 unspecified atom stereocenters. The average molecular weight is 352 g/mol.